The first-order chi connectivity index (χ1) is 7.50. The molecule has 0 radical (unpaired) electrons. The quantitative estimate of drug-likeness (QED) is 0.849. The Labute approximate surface area is 108 Å². The lowest BCUT2D eigenvalue weighted by atomic mass is 10.0. The number of hydrogen-bond donors (Lipinski definition) is 2. The Morgan fingerprint density at radius 3 is 2.75 bits per heavy atom. The third kappa shape index (κ3) is 4.23. The van der Waals surface area contributed by atoms with Crippen LogP contribution in [-0.2, 0) is 11.3 Å². The topological polar surface area (TPSA) is 49.3 Å². The zero-order chi connectivity index (χ0) is 12.1. The van der Waals surface area contributed by atoms with Crippen LogP contribution in [0.3, 0.4) is 0 Å². The predicted molar refractivity (Wildman–Crippen MR) is 69.7 cm³/mol. The predicted octanol–water partition coefficient (Wildman–Crippen LogP) is 3.10. The van der Waals surface area contributed by atoms with Crippen LogP contribution in [0, 0.1) is 5.92 Å². The van der Waals surface area contributed by atoms with Crippen molar-refractivity contribution in [1.82, 2.24) is 5.32 Å². The monoisotopic (exact) mass is 305 g/mol. The maximum atomic E-state index is 11.0. The average Bonchev–Trinajstić information content (AvgIpc) is 2.57. The van der Waals surface area contributed by atoms with Crippen LogP contribution in [0.25, 0.3) is 0 Å². The van der Waals surface area contributed by atoms with Crippen LogP contribution in [0.5, 0.6) is 0 Å². The van der Waals surface area contributed by atoms with E-state index in [-0.39, 0.29) is 0 Å². The average molecular weight is 306 g/mol. The summed E-state index contributed by atoms with van der Waals surface area (Å²) in [5.74, 6) is -0.401. The summed E-state index contributed by atoms with van der Waals surface area (Å²) in [7, 11) is 0. The molecule has 0 unspecified atom stereocenters. The minimum absolute atomic E-state index is 0.375. The number of rotatable bonds is 6. The number of aliphatic carboxylic acids is 1. The van der Waals surface area contributed by atoms with Crippen molar-refractivity contribution in [1.29, 1.82) is 0 Å². The second kappa shape index (κ2) is 6.37. The van der Waals surface area contributed by atoms with Gasteiger partial charge in [-0.15, -0.1) is 11.3 Å². The maximum Gasteiger partial charge on any atom is 0.320 e. The van der Waals surface area contributed by atoms with Gasteiger partial charge in [0.2, 0.25) is 0 Å². The minimum Gasteiger partial charge on any atom is -0.480 e. The Balaban J connectivity index is 2.50. The van der Waals surface area contributed by atoms with Gasteiger partial charge >= 0.3 is 5.97 Å². The van der Waals surface area contributed by atoms with Gasteiger partial charge in [-0.1, -0.05) is 13.8 Å². The van der Waals surface area contributed by atoms with Gasteiger partial charge in [-0.2, -0.15) is 0 Å². The van der Waals surface area contributed by atoms with Crippen LogP contribution < -0.4 is 5.32 Å². The molecule has 1 aromatic heterocycles. The molecule has 0 fully saturated rings. The molecule has 1 rings (SSSR count). The molecule has 5 heteroatoms. The summed E-state index contributed by atoms with van der Waals surface area (Å²) in [4.78, 5) is 12.1. The van der Waals surface area contributed by atoms with Gasteiger partial charge in [-0.25, -0.2) is 0 Å². The van der Waals surface area contributed by atoms with Gasteiger partial charge in [-0.05, 0) is 39.7 Å². The van der Waals surface area contributed by atoms with Crippen molar-refractivity contribution in [2.45, 2.75) is 32.9 Å². The molecule has 0 aliphatic rings. The lowest BCUT2D eigenvalue weighted by molar-refractivity contribution is -0.140. The van der Waals surface area contributed by atoms with Gasteiger partial charge in [0.1, 0.15) is 6.04 Å². The summed E-state index contributed by atoms with van der Waals surface area (Å²) in [6.45, 7) is 4.65. The molecule has 0 aliphatic heterocycles. The molecule has 0 aromatic carbocycles. The molecule has 0 amide bonds. The molecule has 16 heavy (non-hydrogen) atoms. The van der Waals surface area contributed by atoms with Crippen molar-refractivity contribution in [2.75, 3.05) is 0 Å². The van der Waals surface area contributed by atoms with Crippen LogP contribution in [0.1, 0.15) is 25.1 Å². The van der Waals surface area contributed by atoms with Gasteiger partial charge < -0.3 is 5.11 Å². The number of hydrogen-bond acceptors (Lipinski definition) is 3. The Morgan fingerprint density at radius 1 is 1.62 bits per heavy atom. The molecule has 3 nitrogen and oxygen atoms in total. The largest absolute Gasteiger partial charge is 0.480 e. The fourth-order valence-corrected chi connectivity index (χ4v) is 2.85. The summed E-state index contributed by atoms with van der Waals surface area (Å²) in [6.07, 6.45) is 0.651. The fourth-order valence-electron chi connectivity index (χ4n) is 1.41. The van der Waals surface area contributed by atoms with Crippen LogP contribution in [0.2, 0.25) is 0 Å². The molecule has 0 bridgehead atoms. The highest BCUT2D eigenvalue weighted by atomic mass is 79.9. The van der Waals surface area contributed by atoms with Gasteiger partial charge in [0.25, 0.3) is 0 Å². The molecule has 0 aliphatic carbocycles. The highest BCUT2D eigenvalue weighted by Crippen LogP contribution is 2.22. The van der Waals surface area contributed by atoms with E-state index in [9.17, 15) is 4.79 Å². The zero-order valence-electron chi connectivity index (χ0n) is 9.37. The third-order valence-electron chi connectivity index (χ3n) is 2.21. The van der Waals surface area contributed by atoms with Gasteiger partial charge in [0.05, 0.1) is 0 Å². The van der Waals surface area contributed by atoms with E-state index in [2.05, 4.69) is 21.2 Å². The summed E-state index contributed by atoms with van der Waals surface area (Å²) in [5, 5.41) is 14.1. The first-order valence-electron chi connectivity index (χ1n) is 5.18. The van der Waals surface area contributed by atoms with E-state index >= 15 is 0 Å². The maximum absolute atomic E-state index is 11.0. The summed E-state index contributed by atoms with van der Waals surface area (Å²) >= 11 is 5.05. The van der Waals surface area contributed by atoms with Crippen molar-refractivity contribution in [3.63, 3.8) is 0 Å². The third-order valence-corrected chi connectivity index (χ3v) is 4.13. The molecule has 2 N–H and O–H groups in total. The van der Waals surface area contributed by atoms with Crippen molar-refractivity contribution >= 4 is 33.2 Å². The van der Waals surface area contributed by atoms with E-state index in [1.807, 2.05) is 25.3 Å². The number of halogens is 1. The SMILES string of the molecule is CC(C)C[C@@H](NCc1sccc1Br)C(=O)O. The van der Waals surface area contributed by atoms with E-state index in [1.54, 1.807) is 11.3 Å². The molecule has 0 saturated carbocycles. The second-order valence-electron chi connectivity index (χ2n) is 4.09. The Kier molecular flexibility index (Phi) is 5.44. The lowest BCUT2D eigenvalue weighted by Crippen LogP contribution is -2.37. The fraction of sp³-hybridized carbons (Fsp3) is 0.545. The van der Waals surface area contributed by atoms with Crippen molar-refractivity contribution < 1.29 is 9.90 Å². The van der Waals surface area contributed by atoms with Crippen LogP contribution in [0.4, 0.5) is 0 Å². The standard InChI is InChI=1S/C11H16BrNO2S/c1-7(2)5-9(11(14)15)13-6-10-8(12)3-4-16-10/h3-4,7,9,13H,5-6H2,1-2H3,(H,14,15)/t9-/m1/s1. The van der Waals surface area contributed by atoms with E-state index in [4.69, 9.17) is 5.11 Å². The van der Waals surface area contributed by atoms with Gasteiger partial charge in [0, 0.05) is 15.9 Å². The molecule has 0 spiro atoms. The molecule has 1 aromatic rings. The normalized spacial score (nSPS) is 13.0. The van der Waals surface area contributed by atoms with E-state index in [1.165, 1.54) is 0 Å². The first kappa shape index (κ1) is 13.7. The highest BCUT2D eigenvalue weighted by Gasteiger charge is 2.18. The molecular weight excluding hydrogens is 290 g/mol. The van der Waals surface area contributed by atoms with E-state index in [0.717, 1.165) is 9.35 Å². The second-order valence-corrected chi connectivity index (χ2v) is 5.95. The number of nitrogens with one attached hydrogen (secondary N) is 1. The molecule has 90 valence electrons. The van der Waals surface area contributed by atoms with E-state index < -0.39 is 12.0 Å². The zero-order valence-corrected chi connectivity index (χ0v) is 11.8. The molecular formula is C11H16BrNO2S. The first-order valence-corrected chi connectivity index (χ1v) is 6.86. The van der Waals surface area contributed by atoms with E-state index in [0.29, 0.717) is 18.9 Å². The number of carboxylic acids is 1. The van der Waals surface area contributed by atoms with Crippen molar-refractivity contribution in [3.8, 4) is 0 Å². The smallest absolute Gasteiger partial charge is 0.320 e. The van der Waals surface area contributed by atoms with Crippen LogP contribution >= 0.6 is 27.3 Å². The van der Waals surface area contributed by atoms with Crippen molar-refractivity contribution in [3.05, 3.63) is 20.8 Å². The Morgan fingerprint density at radius 2 is 2.31 bits per heavy atom. The molecule has 0 saturated heterocycles. The van der Waals surface area contributed by atoms with Gasteiger partial charge in [-0.3, -0.25) is 10.1 Å². The van der Waals surface area contributed by atoms with Crippen LogP contribution in [0.15, 0.2) is 15.9 Å². The van der Waals surface area contributed by atoms with Crippen molar-refractivity contribution in [2.24, 2.45) is 5.92 Å². The molecule has 1 heterocycles. The lowest BCUT2D eigenvalue weighted by Gasteiger charge is -2.16. The molecule has 1 atom stereocenters. The Bertz CT molecular complexity index is 352. The number of carboxylic acid groups (broad SMARTS) is 1. The Hall–Kier alpha value is -0.390. The highest BCUT2D eigenvalue weighted by molar-refractivity contribution is 9.10. The summed E-state index contributed by atoms with van der Waals surface area (Å²) in [5.41, 5.74) is 0. The van der Waals surface area contributed by atoms with Gasteiger partial charge in [0.15, 0.2) is 0 Å². The van der Waals surface area contributed by atoms with Crippen LogP contribution in [-0.4, -0.2) is 17.1 Å². The minimum atomic E-state index is -0.777. The summed E-state index contributed by atoms with van der Waals surface area (Å²) < 4.78 is 1.04. The number of thiophene rings is 1. The summed E-state index contributed by atoms with van der Waals surface area (Å²) in [6, 6.07) is 1.51. The number of carbonyl (C=O) groups is 1.